The van der Waals surface area contributed by atoms with Crippen LogP contribution in [0.1, 0.15) is 32.3 Å². The Hall–Kier alpha value is -0.610. The van der Waals surface area contributed by atoms with E-state index in [1.54, 1.807) is 0 Å². The quantitative estimate of drug-likeness (QED) is 0.815. The summed E-state index contributed by atoms with van der Waals surface area (Å²) in [4.78, 5) is 0.418. The molecule has 16 heavy (non-hydrogen) atoms. The highest BCUT2D eigenvalue weighted by Gasteiger charge is 2.11. The summed E-state index contributed by atoms with van der Waals surface area (Å²) in [6, 6.07) is 6.41. The van der Waals surface area contributed by atoms with Crippen molar-refractivity contribution in [3.05, 3.63) is 28.2 Å². The van der Waals surface area contributed by atoms with Gasteiger partial charge >= 0.3 is 0 Å². The first kappa shape index (κ1) is 13.5. The molecule has 4 heteroatoms. The molecule has 0 heterocycles. The van der Waals surface area contributed by atoms with Gasteiger partial charge in [0, 0.05) is 21.8 Å². The number of rotatable bonds is 5. The molecule has 1 aromatic carbocycles. The number of nitrogens with one attached hydrogen (secondary N) is 1. The van der Waals surface area contributed by atoms with E-state index in [1.165, 1.54) is 0 Å². The normalized spacial score (nSPS) is 10.5. The van der Waals surface area contributed by atoms with E-state index in [1.807, 2.05) is 18.2 Å². The van der Waals surface area contributed by atoms with Crippen LogP contribution in [0.5, 0.6) is 0 Å². The van der Waals surface area contributed by atoms with Gasteiger partial charge < -0.3 is 11.1 Å². The fourth-order valence-electron chi connectivity index (χ4n) is 1.61. The summed E-state index contributed by atoms with van der Waals surface area (Å²) in [7, 11) is 0. The molecule has 0 radical (unpaired) electrons. The molecule has 0 aliphatic heterocycles. The Bertz CT molecular complexity index is 375. The maximum Gasteiger partial charge on any atom is 0.107 e. The minimum atomic E-state index is 0.418. The zero-order chi connectivity index (χ0) is 12.1. The van der Waals surface area contributed by atoms with Crippen molar-refractivity contribution in [2.45, 2.75) is 32.7 Å². The summed E-state index contributed by atoms with van der Waals surface area (Å²) in [5, 5.41) is 3.47. The lowest BCUT2D eigenvalue weighted by Gasteiger charge is -2.19. The largest absolute Gasteiger partial charge is 0.389 e. The molecular weight excluding hydrogens is 284 g/mol. The summed E-state index contributed by atoms with van der Waals surface area (Å²) < 4.78 is 0.941. The van der Waals surface area contributed by atoms with Crippen molar-refractivity contribution >= 4 is 38.8 Å². The molecule has 0 aromatic heterocycles. The van der Waals surface area contributed by atoms with Crippen LogP contribution >= 0.6 is 28.1 Å². The van der Waals surface area contributed by atoms with Crippen LogP contribution in [0.4, 0.5) is 5.69 Å². The van der Waals surface area contributed by atoms with E-state index < -0.39 is 0 Å². The second-order valence-electron chi connectivity index (χ2n) is 3.68. The molecule has 0 atom stereocenters. The minimum absolute atomic E-state index is 0.418. The number of benzene rings is 1. The molecule has 0 aliphatic rings. The first-order chi connectivity index (χ1) is 7.60. The molecule has 0 saturated carbocycles. The lowest BCUT2D eigenvalue weighted by Crippen LogP contribution is -2.21. The molecular formula is C12H17BrN2S. The van der Waals surface area contributed by atoms with Crippen LogP contribution < -0.4 is 11.1 Å². The van der Waals surface area contributed by atoms with Gasteiger partial charge in [-0.3, -0.25) is 0 Å². The fourth-order valence-corrected chi connectivity index (χ4v) is 2.54. The second-order valence-corrected chi connectivity index (χ2v) is 4.98. The molecule has 0 aliphatic carbocycles. The van der Waals surface area contributed by atoms with Crippen molar-refractivity contribution in [2.24, 2.45) is 5.73 Å². The average molecular weight is 301 g/mol. The van der Waals surface area contributed by atoms with Crippen LogP contribution in [0, 0.1) is 0 Å². The van der Waals surface area contributed by atoms with Gasteiger partial charge in [0.05, 0.1) is 0 Å². The first-order valence-corrected chi connectivity index (χ1v) is 6.65. The second kappa shape index (κ2) is 6.21. The predicted molar refractivity (Wildman–Crippen MR) is 78.0 cm³/mol. The molecule has 88 valence electrons. The van der Waals surface area contributed by atoms with Crippen molar-refractivity contribution in [1.82, 2.24) is 0 Å². The summed E-state index contributed by atoms with van der Waals surface area (Å²) in [5.74, 6) is 0. The third kappa shape index (κ3) is 3.19. The smallest absolute Gasteiger partial charge is 0.107 e. The van der Waals surface area contributed by atoms with Crippen molar-refractivity contribution < 1.29 is 0 Å². The lowest BCUT2D eigenvalue weighted by molar-refractivity contribution is 0.671. The van der Waals surface area contributed by atoms with E-state index in [0.717, 1.165) is 28.6 Å². The van der Waals surface area contributed by atoms with Crippen molar-refractivity contribution in [3.8, 4) is 0 Å². The van der Waals surface area contributed by atoms with Gasteiger partial charge in [0.1, 0.15) is 4.99 Å². The van der Waals surface area contributed by atoms with Gasteiger partial charge in [0.15, 0.2) is 0 Å². The maximum absolute atomic E-state index is 5.74. The standard InChI is InChI=1S/C12H17BrN2S/c1-3-8(4-2)15-10-7-5-6-9(13)11(10)12(14)16/h5-8,15H,3-4H2,1-2H3,(H2,14,16). The predicted octanol–water partition coefficient (Wildman–Crippen LogP) is 3.68. The molecule has 3 N–H and O–H groups in total. The van der Waals surface area contributed by atoms with E-state index in [2.05, 4.69) is 35.1 Å². The molecule has 1 rings (SSSR count). The van der Waals surface area contributed by atoms with E-state index in [4.69, 9.17) is 18.0 Å². The number of hydrogen-bond acceptors (Lipinski definition) is 2. The van der Waals surface area contributed by atoms with Gasteiger partial charge in [-0.2, -0.15) is 0 Å². The number of halogens is 1. The Kier molecular flexibility index (Phi) is 5.22. The number of nitrogens with two attached hydrogens (primary N) is 1. The minimum Gasteiger partial charge on any atom is -0.389 e. The van der Waals surface area contributed by atoms with Crippen molar-refractivity contribution in [1.29, 1.82) is 0 Å². The summed E-state index contributed by atoms with van der Waals surface area (Å²) in [5.41, 5.74) is 7.64. The van der Waals surface area contributed by atoms with E-state index in [9.17, 15) is 0 Å². The number of anilines is 1. The van der Waals surface area contributed by atoms with Crippen LogP contribution in [-0.2, 0) is 0 Å². The molecule has 0 bridgehead atoms. The van der Waals surface area contributed by atoms with Gasteiger partial charge in [-0.25, -0.2) is 0 Å². The zero-order valence-corrected chi connectivity index (χ0v) is 12.0. The number of thiocarbonyl (C=S) groups is 1. The van der Waals surface area contributed by atoms with Gasteiger partial charge in [-0.1, -0.05) is 32.1 Å². The van der Waals surface area contributed by atoms with Crippen molar-refractivity contribution in [2.75, 3.05) is 5.32 Å². The topological polar surface area (TPSA) is 38.0 Å². The molecule has 1 aromatic rings. The summed E-state index contributed by atoms with van der Waals surface area (Å²) >= 11 is 8.54. The summed E-state index contributed by atoms with van der Waals surface area (Å²) in [6.07, 6.45) is 2.17. The van der Waals surface area contributed by atoms with E-state index in [0.29, 0.717) is 11.0 Å². The first-order valence-electron chi connectivity index (χ1n) is 5.45. The van der Waals surface area contributed by atoms with E-state index >= 15 is 0 Å². The van der Waals surface area contributed by atoms with Crippen molar-refractivity contribution in [3.63, 3.8) is 0 Å². The monoisotopic (exact) mass is 300 g/mol. The maximum atomic E-state index is 5.74. The van der Waals surface area contributed by atoms with E-state index in [-0.39, 0.29) is 0 Å². The van der Waals surface area contributed by atoms with Crippen LogP contribution in [0.3, 0.4) is 0 Å². The fraction of sp³-hybridized carbons (Fsp3) is 0.417. The Morgan fingerprint density at radius 1 is 1.44 bits per heavy atom. The van der Waals surface area contributed by atoms with Gasteiger partial charge in [-0.15, -0.1) is 0 Å². The lowest BCUT2D eigenvalue weighted by atomic mass is 10.1. The third-order valence-corrected chi connectivity index (χ3v) is 3.47. The molecule has 0 unspecified atom stereocenters. The van der Waals surface area contributed by atoms with Crippen LogP contribution in [-0.4, -0.2) is 11.0 Å². The highest BCUT2D eigenvalue weighted by atomic mass is 79.9. The third-order valence-electron chi connectivity index (χ3n) is 2.61. The van der Waals surface area contributed by atoms with Crippen LogP contribution in [0.25, 0.3) is 0 Å². The van der Waals surface area contributed by atoms with Gasteiger partial charge in [-0.05, 0) is 40.9 Å². The summed E-state index contributed by atoms with van der Waals surface area (Å²) in [6.45, 7) is 4.33. The molecule has 0 amide bonds. The Morgan fingerprint density at radius 3 is 2.56 bits per heavy atom. The average Bonchev–Trinajstić information content (AvgIpc) is 2.25. The highest BCUT2D eigenvalue weighted by molar-refractivity contribution is 9.10. The number of hydrogen-bond donors (Lipinski definition) is 2. The molecule has 0 spiro atoms. The Balaban J connectivity index is 3.03. The SMILES string of the molecule is CCC(CC)Nc1cccc(Br)c1C(N)=S. The van der Waals surface area contributed by atoms with Gasteiger partial charge in [0.2, 0.25) is 0 Å². The molecule has 0 fully saturated rings. The zero-order valence-electron chi connectivity index (χ0n) is 9.59. The van der Waals surface area contributed by atoms with Crippen LogP contribution in [0.15, 0.2) is 22.7 Å². The Labute approximate surface area is 111 Å². The molecule has 2 nitrogen and oxygen atoms in total. The Morgan fingerprint density at radius 2 is 2.06 bits per heavy atom. The van der Waals surface area contributed by atoms with Gasteiger partial charge in [0.25, 0.3) is 0 Å². The highest BCUT2D eigenvalue weighted by Crippen LogP contribution is 2.25. The molecule has 0 saturated heterocycles. The van der Waals surface area contributed by atoms with Crippen LogP contribution in [0.2, 0.25) is 0 Å².